The van der Waals surface area contributed by atoms with E-state index in [1.165, 1.54) is 24.3 Å². The second kappa shape index (κ2) is 8.23. The number of aliphatic hydroxyl groups is 1. The lowest BCUT2D eigenvalue weighted by Gasteiger charge is -2.13. The van der Waals surface area contributed by atoms with Gasteiger partial charge >= 0.3 is 5.97 Å². The van der Waals surface area contributed by atoms with E-state index in [1.54, 1.807) is 0 Å². The molecular weight excluding hydrogens is 300 g/mol. The van der Waals surface area contributed by atoms with E-state index in [-0.39, 0.29) is 19.6 Å². The van der Waals surface area contributed by atoms with Crippen LogP contribution in [0, 0.1) is 0 Å². The molecule has 0 fully saturated rings. The van der Waals surface area contributed by atoms with Crippen molar-refractivity contribution in [3.05, 3.63) is 34.9 Å². The van der Waals surface area contributed by atoms with Gasteiger partial charge in [0, 0.05) is 23.6 Å². The quantitative estimate of drug-likeness (QED) is 0.566. The van der Waals surface area contributed by atoms with E-state index in [2.05, 4.69) is 10.6 Å². The first-order chi connectivity index (χ1) is 9.93. The van der Waals surface area contributed by atoms with Crippen LogP contribution >= 0.6 is 11.6 Å². The molecular formula is C13H15ClN2O5. The molecule has 0 unspecified atom stereocenters. The zero-order chi connectivity index (χ0) is 15.8. The summed E-state index contributed by atoms with van der Waals surface area (Å²) in [5.74, 6) is -2.38. The van der Waals surface area contributed by atoms with Crippen LogP contribution in [-0.2, 0) is 9.59 Å². The monoisotopic (exact) mass is 314 g/mol. The number of halogens is 1. The predicted molar refractivity (Wildman–Crippen MR) is 75.1 cm³/mol. The number of carbonyl (C=O) groups is 3. The van der Waals surface area contributed by atoms with Crippen molar-refractivity contribution in [2.45, 2.75) is 12.5 Å². The summed E-state index contributed by atoms with van der Waals surface area (Å²) in [6.45, 7) is -0.731. The largest absolute Gasteiger partial charge is 0.480 e. The summed E-state index contributed by atoms with van der Waals surface area (Å²) in [6.07, 6.45) is -0.105. The minimum Gasteiger partial charge on any atom is -0.480 e. The highest BCUT2D eigenvalue weighted by molar-refractivity contribution is 6.30. The standard InChI is InChI=1S/C13H15ClN2O5/c14-9-3-1-8(2-4-9)12(19)15-7-11(18)16-10(5-6-17)13(20)21/h1-4,10,17H,5-7H2,(H,15,19)(H,16,18)(H,20,21)/t10-/m1/s1. The Morgan fingerprint density at radius 1 is 1.19 bits per heavy atom. The average Bonchev–Trinajstić information content (AvgIpc) is 2.45. The van der Waals surface area contributed by atoms with Gasteiger partial charge < -0.3 is 20.8 Å². The zero-order valence-electron chi connectivity index (χ0n) is 11.0. The maximum Gasteiger partial charge on any atom is 0.326 e. The van der Waals surface area contributed by atoms with E-state index in [1.807, 2.05) is 0 Å². The smallest absolute Gasteiger partial charge is 0.326 e. The van der Waals surface area contributed by atoms with Crippen LogP contribution in [0.25, 0.3) is 0 Å². The molecule has 8 heteroatoms. The molecule has 0 radical (unpaired) electrons. The summed E-state index contributed by atoms with van der Waals surface area (Å²) in [5, 5.41) is 22.5. The molecule has 7 nitrogen and oxygen atoms in total. The molecule has 1 aromatic rings. The number of hydrogen-bond acceptors (Lipinski definition) is 4. The normalized spacial score (nSPS) is 11.5. The van der Waals surface area contributed by atoms with Gasteiger partial charge in [-0.1, -0.05) is 11.6 Å². The number of carboxylic acid groups (broad SMARTS) is 1. The van der Waals surface area contributed by atoms with Gasteiger partial charge in [-0.3, -0.25) is 9.59 Å². The Labute approximate surface area is 125 Å². The average molecular weight is 315 g/mol. The van der Waals surface area contributed by atoms with Gasteiger partial charge in [-0.25, -0.2) is 4.79 Å². The number of benzene rings is 1. The predicted octanol–water partition coefficient (Wildman–Crippen LogP) is 0.0216. The third-order valence-corrected chi connectivity index (χ3v) is 2.82. The highest BCUT2D eigenvalue weighted by atomic mass is 35.5. The van der Waals surface area contributed by atoms with Gasteiger partial charge in [0.2, 0.25) is 5.91 Å². The highest BCUT2D eigenvalue weighted by Gasteiger charge is 2.19. The van der Waals surface area contributed by atoms with Crippen molar-refractivity contribution >= 4 is 29.4 Å². The summed E-state index contributed by atoms with van der Waals surface area (Å²) in [7, 11) is 0. The van der Waals surface area contributed by atoms with Crippen LogP contribution in [0.2, 0.25) is 5.02 Å². The molecule has 0 aliphatic rings. The van der Waals surface area contributed by atoms with E-state index in [9.17, 15) is 14.4 Å². The van der Waals surface area contributed by atoms with Gasteiger partial charge in [-0.2, -0.15) is 0 Å². The van der Waals surface area contributed by atoms with Crippen molar-refractivity contribution in [2.75, 3.05) is 13.2 Å². The number of aliphatic carboxylic acids is 1. The van der Waals surface area contributed by atoms with Gasteiger partial charge in [0.05, 0.1) is 6.54 Å². The summed E-state index contributed by atoms with van der Waals surface area (Å²) < 4.78 is 0. The van der Waals surface area contributed by atoms with E-state index >= 15 is 0 Å². The van der Waals surface area contributed by atoms with Crippen molar-refractivity contribution in [1.29, 1.82) is 0 Å². The van der Waals surface area contributed by atoms with Crippen LogP contribution in [0.15, 0.2) is 24.3 Å². The maximum atomic E-state index is 11.7. The molecule has 114 valence electrons. The van der Waals surface area contributed by atoms with Gasteiger partial charge in [0.1, 0.15) is 6.04 Å². The molecule has 1 aromatic carbocycles. The Kier molecular flexibility index (Phi) is 6.64. The second-order valence-electron chi connectivity index (χ2n) is 4.16. The topological polar surface area (TPSA) is 116 Å². The molecule has 0 aliphatic heterocycles. The summed E-state index contributed by atoms with van der Waals surface area (Å²) >= 11 is 5.69. The van der Waals surface area contributed by atoms with Crippen LogP contribution in [0.5, 0.6) is 0 Å². The van der Waals surface area contributed by atoms with Crippen molar-refractivity contribution in [2.24, 2.45) is 0 Å². The minimum atomic E-state index is -1.25. The van der Waals surface area contributed by atoms with Crippen molar-refractivity contribution in [1.82, 2.24) is 10.6 Å². The lowest BCUT2D eigenvalue weighted by Crippen LogP contribution is -2.45. The van der Waals surface area contributed by atoms with Crippen LogP contribution in [0.1, 0.15) is 16.8 Å². The summed E-state index contributed by atoms with van der Waals surface area (Å²) in [6, 6.07) is 4.90. The van der Waals surface area contributed by atoms with Gasteiger partial charge in [0.25, 0.3) is 5.91 Å². The molecule has 1 atom stereocenters. The first-order valence-electron chi connectivity index (χ1n) is 6.11. The Morgan fingerprint density at radius 3 is 2.33 bits per heavy atom. The molecule has 0 aliphatic carbocycles. The Morgan fingerprint density at radius 2 is 1.81 bits per heavy atom. The van der Waals surface area contributed by atoms with E-state index < -0.39 is 23.8 Å². The number of aliphatic hydroxyl groups excluding tert-OH is 1. The second-order valence-corrected chi connectivity index (χ2v) is 4.60. The molecule has 0 saturated heterocycles. The maximum absolute atomic E-state index is 11.7. The number of rotatable bonds is 7. The first-order valence-corrected chi connectivity index (χ1v) is 6.48. The zero-order valence-corrected chi connectivity index (χ0v) is 11.8. The van der Waals surface area contributed by atoms with Gasteiger partial charge in [-0.15, -0.1) is 0 Å². The SMILES string of the molecule is O=C(CNC(=O)c1ccc(Cl)cc1)N[C@H](CCO)C(=O)O. The third-order valence-electron chi connectivity index (χ3n) is 2.57. The number of carboxylic acids is 1. The molecule has 21 heavy (non-hydrogen) atoms. The fourth-order valence-corrected chi connectivity index (χ4v) is 1.62. The molecule has 2 amide bonds. The molecule has 0 aromatic heterocycles. The lowest BCUT2D eigenvalue weighted by molar-refractivity contribution is -0.142. The summed E-state index contributed by atoms with van der Waals surface area (Å²) in [4.78, 5) is 34.0. The molecule has 0 bridgehead atoms. The highest BCUT2D eigenvalue weighted by Crippen LogP contribution is 2.09. The van der Waals surface area contributed by atoms with Crippen molar-refractivity contribution < 1.29 is 24.6 Å². The number of carbonyl (C=O) groups excluding carboxylic acids is 2. The Hall–Kier alpha value is -2.12. The number of hydrogen-bond donors (Lipinski definition) is 4. The fraction of sp³-hybridized carbons (Fsp3) is 0.308. The van der Waals surface area contributed by atoms with Crippen LogP contribution < -0.4 is 10.6 Å². The molecule has 0 spiro atoms. The van der Waals surface area contributed by atoms with Crippen molar-refractivity contribution in [3.8, 4) is 0 Å². The minimum absolute atomic E-state index is 0.105. The van der Waals surface area contributed by atoms with Crippen LogP contribution in [0.3, 0.4) is 0 Å². The molecule has 1 rings (SSSR count). The van der Waals surface area contributed by atoms with Crippen molar-refractivity contribution in [3.63, 3.8) is 0 Å². The fourth-order valence-electron chi connectivity index (χ4n) is 1.50. The van der Waals surface area contributed by atoms with Crippen LogP contribution in [0.4, 0.5) is 0 Å². The van der Waals surface area contributed by atoms with Gasteiger partial charge in [-0.05, 0) is 24.3 Å². The lowest BCUT2D eigenvalue weighted by atomic mass is 10.2. The van der Waals surface area contributed by atoms with Crippen LogP contribution in [-0.4, -0.2) is 47.2 Å². The van der Waals surface area contributed by atoms with E-state index in [4.69, 9.17) is 21.8 Å². The summed E-state index contributed by atoms with van der Waals surface area (Å²) in [5.41, 5.74) is 0.331. The molecule has 0 heterocycles. The van der Waals surface area contributed by atoms with E-state index in [0.717, 1.165) is 0 Å². The molecule has 4 N–H and O–H groups in total. The van der Waals surface area contributed by atoms with Gasteiger partial charge in [0.15, 0.2) is 0 Å². The third kappa shape index (κ3) is 5.80. The Bertz CT molecular complexity index is 518. The number of nitrogens with one attached hydrogen (secondary N) is 2. The number of amides is 2. The Balaban J connectivity index is 2.46. The first kappa shape index (κ1) is 16.9. The molecule has 0 saturated carbocycles. The van der Waals surface area contributed by atoms with E-state index in [0.29, 0.717) is 10.6 Å².